The average molecular weight is 705 g/mol. The number of aromatic carboxylic acids is 2. The SMILES string of the molecule is N#Cc1c(Br)cccc1Oc1ccc(C(=O)O)cc1Cl.N#Cc1c(Br)cccc1Oc1ccc(C(=O)O)cc1Cl. The Bertz CT molecular complexity index is 1570. The maximum Gasteiger partial charge on any atom is 0.335 e. The monoisotopic (exact) mass is 702 g/mol. The number of benzene rings is 4. The lowest BCUT2D eigenvalue weighted by Gasteiger charge is -2.10. The van der Waals surface area contributed by atoms with E-state index >= 15 is 0 Å². The molecular formula is C28H14Br2Cl2N2O6. The summed E-state index contributed by atoms with van der Waals surface area (Å²) >= 11 is 18.5. The van der Waals surface area contributed by atoms with E-state index in [1.165, 1.54) is 36.4 Å². The molecule has 12 heteroatoms. The summed E-state index contributed by atoms with van der Waals surface area (Å²) in [5.74, 6) is -0.895. The second-order valence-corrected chi connectivity index (χ2v) is 10.1. The minimum absolute atomic E-state index is 0.0668. The molecule has 4 aromatic carbocycles. The van der Waals surface area contributed by atoms with Crippen molar-refractivity contribution in [2.45, 2.75) is 0 Å². The standard InChI is InChI=1S/2C14H7BrClNO3/c2*15-10-2-1-3-12(9(10)7-17)20-13-5-4-8(14(18)19)6-11(13)16/h2*1-6H,(H,18,19). The van der Waals surface area contributed by atoms with Gasteiger partial charge in [0.1, 0.15) is 46.3 Å². The first kappa shape index (κ1) is 30.5. The highest BCUT2D eigenvalue weighted by molar-refractivity contribution is 9.10. The summed E-state index contributed by atoms with van der Waals surface area (Å²) in [5, 5.41) is 36.2. The van der Waals surface area contributed by atoms with Crippen LogP contribution in [0.25, 0.3) is 0 Å². The van der Waals surface area contributed by atoms with Gasteiger partial charge in [-0.1, -0.05) is 35.3 Å². The predicted octanol–water partition coefficient (Wildman–Crippen LogP) is 8.93. The van der Waals surface area contributed by atoms with Gasteiger partial charge in [0.15, 0.2) is 0 Å². The van der Waals surface area contributed by atoms with Crippen molar-refractivity contribution in [3.05, 3.63) is 114 Å². The molecule has 0 aliphatic carbocycles. The molecule has 0 bridgehead atoms. The molecule has 0 aromatic heterocycles. The van der Waals surface area contributed by atoms with Crippen molar-refractivity contribution >= 4 is 67.0 Å². The maximum absolute atomic E-state index is 10.8. The first-order valence-corrected chi connectivity index (χ1v) is 13.2. The van der Waals surface area contributed by atoms with Crippen LogP contribution < -0.4 is 9.47 Å². The zero-order chi connectivity index (χ0) is 29.4. The Balaban J connectivity index is 0.000000220. The zero-order valence-electron chi connectivity index (χ0n) is 19.9. The molecule has 0 spiro atoms. The fourth-order valence-corrected chi connectivity index (χ4v) is 4.38. The Hall–Kier alpha value is -4.06. The number of halogens is 4. The van der Waals surface area contributed by atoms with E-state index in [1.807, 2.05) is 12.1 Å². The van der Waals surface area contributed by atoms with Crippen molar-refractivity contribution in [2.24, 2.45) is 0 Å². The summed E-state index contributed by atoms with van der Waals surface area (Å²) in [6.07, 6.45) is 0. The van der Waals surface area contributed by atoms with Crippen molar-refractivity contribution in [2.75, 3.05) is 0 Å². The highest BCUT2D eigenvalue weighted by Gasteiger charge is 2.14. The summed E-state index contributed by atoms with van der Waals surface area (Å²) in [6, 6.07) is 22.5. The van der Waals surface area contributed by atoms with Gasteiger partial charge < -0.3 is 19.7 Å². The second kappa shape index (κ2) is 13.8. The lowest BCUT2D eigenvalue weighted by Crippen LogP contribution is -1.96. The summed E-state index contributed by atoms with van der Waals surface area (Å²) in [5.41, 5.74) is 0.811. The van der Waals surface area contributed by atoms with Gasteiger partial charge in [0, 0.05) is 8.95 Å². The molecule has 200 valence electrons. The highest BCUT2D eigenvalue weighted by atomic mass is 79.9. The molecule has 0 amide bonds. The molecule has 0 unspecified atom stereocenters. The van der Waals surface area contributed by atoms with E-state index in [1.54, 1.807) is 36.4 Å². The number of nitrogens with zero attached hydrogens (tertiary/aromatic N) is 2. The molecule has 4 rings (SSSR count). The average Bonchev–Trinajstić information content (AvgIpc) is 2.91. The molecular weight excluding hydrogens is 691 g/mol. The van der Waals surface area contributed by atoms with Crippen LogP contribution in [0.3, 0.4) is 0 Å². The molecule has 0 fully saturated rings. The van der Waals surface area contributed by atoms with Crippen LogP contribution in [0.1, 0.15) is 31.8 Å². The fourth-order valence-electron chi connectivity index (χ4n) is 3.07. The molecule has 0 radical (unpaired) electrons. The van der Waals surface area contributed by atoms with Crippen LogP contribution in [-0.4, -0.2) is 22.2 Å². The topological polar surface area (TPSA) is 141 Å². The highest BCUT2D eigenvalue weighted by Crippen LogP contribution is 2.35. The van der Waals surface area contributed by atoms with Gasteiger partial charge in [-0.05, 0) is 92.5 Å². The minimum atomic E-state index is -1.07. The Morgan fingerprint density at radius 3 is 1.32 bits per heavy atom. The van der Waals surface area contributed by atoms with Gasteiger partial charge in [-0.3, -0.25) is 0 Å². The van der Waals surface area contributed by atoms with Crippen LogP contribution in [0.15, 0.2) is 81.7 Å². The lowest BCUT2D eigenvalue weighted by molar-refractivity contribution is 0.0686. The van der Waals surface area contributed by atoms with Gasteiger partial charge in [-0.25, -0.2) is 9.59 Å². The summed E-state index contributed by atoms with van der Waals surface area (Å²) in [6.45, 7) is 0. The van der Waals surface area contributed by atoms with Crippen molar-refractivity contribution < 1.29 is 29.3 Å². The molecule has 4 aromatic rings. The van der Waals surface area contributed by atoms with Gasteiger partial charge in [0.25, 0.3) is 0 Å². The van der Waals surface area contributed by atoms with Crippen LogP contribution in [0.5, 0.6) is 23.0 Å². The van der Waals surface area contributed by atoms with Crippen LogP contribution in [-0.2, 0) is 0 Å². The van der Waals surface area contributed by atoms with E-state index in [2.05, 4.69) is 31.9 Å². The Labute approximate surface area is 254 Å². The van der Waals surface area contributed by atoms with E-state index in [0.717, 1.165) is 0 Å². The number of carboxylic acids is 2. The Morgan fingerprint density at radius 2 is 1.02 bits per heavy atom. The molecule has 0 aliphatic heterocycles. The third-order valence-electron chi connectivity index (χ3n) is 4.97. The largest absolute Gasteiger partial charge is 0.478 e. The Kier molecular flexibility index (Phi) is 10.5. The van der Waals surface area contributed by atoms with Crippen molar-refractivity contribution in [3.63, 3.8) is 0 Å². The smallest absolute Gasteiger partial charge is 0.335 e. The second-order valence-electron chi connectivity index (χ2n) is 7.55. The molecule has 0 heterocycles. The van der Waals surface area contributed by atoms with Crippen molar-refractivity contribution in [1.29, 1.82) is 10.5 Å². The van der Waals surface area contributed by atoms with Gasteiger partial charge in [0.05, 0.1) is 21.2 Å². The number of hydrogen-bond donors (Lipinski definition) is 2. The number of nitriles is 2. The number of carboxylic acid groups (broad SMARTS) is 2. The molecule has 0 saturated heterocycles. The minimum Gasteiger partial charge on any atom is -0.478 e. The van der Waals surface area contributed by atoms with Gasteiger partial charge >= 0.3 is 11.9 Å². The third-order valence-corrected chi connectivity index (χ3v) is 6.88. The van der Waals surface area contributed by atoms with E-state index in [-0.39, 0.29) is 32.7 Å². The Morgan fingerprint density at radius 1 is 0.650 bits per heavy atom. The van der Waals surface area contributed by atoms with Gasteiger partial charge in [-0.15, -0.1) is 0 Å². The third kappa shape index (κ3) is 7.53. The quantitative estimate of drug-likeness (QED) is 0.203. The maximum atomic E-state index is 10.8. The van der Waals surface area contributed by atoms with Gasteiger partial charge in [-0.2, -0.15) is 10.5 Å². The van der Waals surface area contributed by atoms with Crippen molar-refractivity contribution in [1.82, 2.24) is 0 Å². The number of hydrogen-bond acceptors (Lipinski definition) is 6. The molecule has 0 atom stereocenters. The van der Waals surface area contributed by atoms with Crippen LogP contribution in [0.2, 0.25) is 10.0 Å². The van der Waals surface area contributed by atoms with E-state index in [0.29, 0.717) is 31.6 Å². The van der Waals surface area contributed by atoms with E-state index in [4.69, 9.17) is 53.4 Å². The van der Waals surface area contributed by atoms with Gasteiger partial charge in [0.2, 0.25) is 0 Å². The zero-order valence-corrected chi connectivity index (χ0v) is 24.5. The normalized spacial score (nSPS) is 9.85. The molecule has 8 nitrogen and oxygen atoms in total. The lowest BCUT2D eigenvalue weighted by atomic mass is 10.2. The van der Waals surface area contributed by atoms with Crippen LogP contribution >= 0.6 is 55.1 Å². The molecule has 40 heavy (non-hydrogen) atoms. The number of rotatable bonds is 6. The first-order chi connectivity index (χ1) is 19.0. The molecule has 0 saturated carbocycles. The summed E-state index contributed by atoms with van der Waals surface area (Å²) in [4.78, 5) is 21.6. The molecule has 0 aliphatic rings. The fraction of sp³-hybridized carbons (Fsp3) is 0. The van der Waals surface area contributed by atoms with E-state index < -0.39 is 11.9 Å². The van der Waals surface area contributed by atoms with Crippen LogP contribution in [0, 0.1) is 22.7 Å². The van der Waals surface area contributed by atoms with E-state index in [9.17, 15) is 9.59 Å². The summed E-state index contributed by atoms with van der Waals surface area (Å²) < 4.78 is 12.4. The first-order valence-electron chi connectivity index (χ1n) is 10.8. The number of carbonyl (C=O) groups is 2. The summed E-state index contributed by atoms with van der Waals surface area (Å²) in [7, 11) is 0. The number of ether oxygens (including phenoxy) is 2. The predicted molar refractivity (Wildman–Crippen MR) is 155 cm³/mol. The van der Waals surface area contributed by atoms with Crippen LogP contribution in [0.4, 0.5) is 0 Å². The van der Waals surface area contributed by atoms with Crippen molar-refractivity contribution in [3.8, 4) is 35.1 Å². The molecule has 2 N–H and O–H groups in total.